The van der Waals surface area contributed by atoms with E-state index in [2.05, 4.69) is 182 Å². The number of phenolic OH excluding ortho intramolecular Hbond substituents is 2. The van der Waals surface area contributed by atoms with Crippen LogP contribution in [0.2, 0.25) is 12.1 Å². The summed E-state index contributed by atoms with van der Waals surface area (Å²) in [5.74, 6) is 2.20. The molecule has 0 bridgehead atoms. The molecule has 10 heteroatoms. The summed E-state index contributed by atoms with van der Waals surface area (Å²) in [4.78, 5) is 0. The number of para-hydroxylation sites is 6. The van der Waals surface area contributed by atoms with Gasteiger partial charge < -0.3 is 28.8 Å². The van der Waals surface area contributed by atoms with Gasteiger partial charge in [-0.3, -0.25) is 0 Å². The number of rotatable bonds is 12. The molecule has 0 amide bonds. The molecule has 0 radical (unpaired) electrons. The van der Waals surface area contributed by atoms with Crippen LogP contribution in [0.1, 0.15) is 25.0 Å². The summed E-state index contributed by atoms with van der Waals surface area (Å²) in [6, 6.07) is 60.3. The molecule has 2 aromatic heterocycles. The first kappa shape index (κ1) is 45.4. The summed E-state index contributed by atoms with van der Waals surface area (Å²) in [5, 5.41) is 29.1. The average molecular weight is 1010 g/mol. The van der Waals surface area contributed by atoms with Gasteiger partial charge in [-0.25, -0.2) is 0 Å². The Morgan fingerprint density at radius 1 is 0.455 bits per heavy atom. The van der Waals surface area contributed by atoms with Crippen molar-refractivity contribution in [2.45, 2.75) is 39.8 Å². The van der Waals surface area contributed by atoms with E-state index < -0.39 is 28.9 Å². The summed E-state index contributed by atoms with van der Waals surface area (Å²) in [6.45, 7) is 8.75. The second kappa shape index (κ2) is 19.6. The number of phenols is 2. The molecule has 6 nitrogen and oxygen atoms in total. The molecule has 8 aromatic carbocycles. The normalized spacial score (nSPS) is 11.5. The number of fused-ring (bicyclic) bond motifs is 6. The third kappa shape index (κ3) is 8.45. The van der Waals surface area contributed by atoms with E-state index in [1.165, 1.54) is 0 Å². The van der Waals surface area contributed by atoms with Gasteiger partial charge in [0.2, 0.25) is 0 Å². The summed E-state index contributed by atoms with van der Waals surface area (Å²) >= 11 is -0.826. The predicted octanol–water partition coefficient (Wildman–Crippen LogP) is 15.4. The number of hydrogen-bond acceptors (Lipinski definition) is 2. The van der Waals surface area contributed by atoms with Gasteiger partial charge in [0.25, 0.3) is 19.6 Å². The van der Waals surface area contributed by atoms with Crippen LogP contribution in [0.5, 0.6) is 23.0 Å². The number of nitrogens with zero attached hydrogens (tertiary/aromatic N) is 2. The Bertz CT molecular complexity index is 3050. The van der Waals surface area contributed by atoms with E-state index in [-0.39, 0.29) is 11.5 Å². The monoisotopic (exact) mass is 1000 g/mol. The van der Waals surface area contributed by atoms with Crippen molar-refractivity contribution in [3.8, 4) is 56.6 Å². The molecule has 66 heavy (non-hydrogen) atoms. The molecule has 0 saturated carbocycles. The molecular weight excluding hydrogens is 955 g/mol. The van der Waals surface area contributed by atoms with Crippen molar-refractivity contribution in [1.29, 1.82) is 0 Å². The maximum absolute atomic E-state index is 12.2. The topological polar surface area (TPSA) is 75.9 Å². The molecule has 4 N–H and O–H groups in total. The van der Waals surface area contributed by atoms with Crippen LogP contribution in [-0.2, 0) is 20.8 Å². The minimum atomic E-state index is -2.10. The molecule has 0 aliphatic heterocycles. The van der Waals surface area contributed by atoms with Gasteiger partial charge in [-0.05, 0) is 97.7 Å². The average Bonchev–Trinajstić information content (AvgIpc) is 3.86. The van der Waals surface area contributed by atoms with Crippen LogP contribution in [-0.4, -0.2) is 49.4 Å². The Balaban J connectivity index is 0.00000178. The first-order chi connectivity index (χ1) is 32.2. The van der Waals surface area contributed by atoms with Crippen molar-refractivity contribution in [1.82, 2.24) is 9.13 Å². The van der Waals surface area contributed by atoms with Crippen molar-refractivity contribution in [3.63, 3.8) is 0 Å². The molecule has 0 unspecified atom stereocenters. The fraction of sp³-hybridized carbons (Fsp3) is 0.143. The molecule has 10 rings (SSSR count). The zero-order valence-corrected chi connectivity index (χ0v) is 42.4. The predicted molar refractivity (Wildman–Crippen MR) is 277 cm³/mol. The van der Waals surface area contributed by atoms with Crippen LogP contribution in [0.15, 0.2) is 170 Å². The van der Waals surface area contributed by atoms with Gasteiger partial charge in [-0.1, -0.05) is 111 Å². The van der Waals surface area contributed by atoms with Crippen LogP contribution in [0.3, 0.4) is 0 Å². The fourth-order valence-electron chi connectivity index (χ4n) is 9.57. The minimum absolute atomic E-state index is 0.233. The van der Waals surface area contributed by atoms with Crippen molar-refractivity contribution >= 4 is 68.7 Å². The Kier molecular flexibility index (Phi) is 13.5. The van der Waals surface area contributed by atoms with Gasteiger partial charge in [0, 0.05) is 44.8 Å². The van der Waals surface area contributed by atoms with Gasteiger partial charge >= 0.3 is 37.9 Å². The Labute approximate surface area is 405 Å². The number of hydrogen-bond donors (Lipinski definition) is 2. The van der Waals surface area contributed by atoms with Crippen molar-refractivity contribution in [2.75, 3.05) is 12.5 Å². The van der Waals surface area contributed by atoms with E-state index in [1.807, 2.05) is 24.3 Å². The van der Waals surface area contributed by atoms with Crippen LogP contribution in [0.25, 0.3) is 77.2 Å². The third-order valence-electron chi connectivity index (χ3n) is 13.2. The van der Waals surface area contributed by atoms with Gasteiger partial charge in [0.05, 0.1) is 44.6 Å². The number of ether oxygens (including phenoxy) is 2. The molecule has 0 fully saturated rings. The first-order valence-corrected chi connectivity index (χ1v) is 31.5. The second-order valence-electron chi connectivity index (χ2n) is 17.0. The van der Waals surface area contributed by atoms with Crippen LogP contribution in [0.4, 0.5) is 0 Å². The van der Waals surface area contributed by atoms with E-state index in [9.17, 15) is 10.2 Å². The quantitative estimate of drug-likeness (QED) is 0.0945. The van der Waals surface area contributed by atoms with Crippen LogP contribution < -0.4 is 0 Å². The van der Waals surface area contributed by atoms with Gasteiger partial charge in [-0.15, -0.1) is 0 Å². The molecule has 0 saturated heterocycles. The fourth-order valence-corrected chi connectivity index (χ4v) is 12.1. The second-order valence-corrected chi connectivity index (χ2v) is 25.8. The molecule has 10 aromatic rings. The Hall–Kier alpha value is -5.76. The van der Waals surface area contributed by atoms with Crippen LogP contribution in [0, 0.1) is 13.8 Å². The number of aliphatic hydroxyl groups is 2. The summed E-state index contributed by atoms with van der Waals surface area (Å²) in [7, 11) is 7.76. The number of aromatic nitrogens is 2. The molecule has 0 aliphatic rings. The summed E-state index contributed by atoms with van der Waals surface area (Å²) < 4.78 is 15.2. The number of halogens is 2. The molecule has 0 spiro atoms. The van der Waals surface area contributed by atoms with Gasteiger partial charge in [0.1, 0.15) is 11.5 Å². The first-order valence-electron chi connectivity index (χ1n) is 22.3. The Morgan fingerprint density at radius 3 is 1.09 bits per heavy atom. The van der Waals surface area contributed by atoms with Crippen molar-refractivity contribution in [3.05, 3.63) is 181 Å². The van der Waals surface area contributed by atoms with Gasteiger partial charge in [0.15, 0.2) is 12.5 Å². The number of benzene rings is 8. The number of aromatic hydroxyl groups is 4. The summed E-state index contributed by atoms with van der Waals surface area (Å²) in [5.41, 5.74) is 11.2. The molecule has 0 aliphatic carbocycles. The zero-order chi connectivity index (χ0) is 46.0. The van der Waals surface area contributed by atoms with Crippen molar-refractivity contribution in [2.24, 2.45) is 0 Å². The Morgan fingerprint density at radius 2 is 0.758 bits per heavy atom. The van der Waals surface area contributed by atoms with Gasteiger partial charge in [-0.2, -0.15) is 0 Å². The number of aryl methyl sites for hydroxylation is 2. The van der Waals surface area contributed by atoms with E-state index in [0.29, 0.717) is 12.5 Å². The summed E-state index contributed by atoms with van der Waals surface area (Å²) in [6.07, 6.45) is 1.39. The van der Waals surface area contributed by atoms with E-state index in [1.54, 1.807) is 0 Å². The van der Waals surface area contributed by atoms with Crippen LogP contribution >= 0.6 is 17.0 Å². The molecule has 0 atom stereocenters. The molecular formula is C56H52Cl2N2O4SiZr+2. The third-order valence-corrected chi connectivity index (χ3v) is 17.8. The molecule has 330 valence electrons. The van der Waals surface area contributed by atoms with E-state index >= 15 is 0 Å². The SMILES string of the molecule is CC[Si](CC)(C[OH+]c1ccccc1-c1cc(C)cc(-n2c3ccccc3c3ccccc32)c1O)C[OH+]c1ccccc1-c1cc(C)cc(-n2c3ccccc3c3ccccc32)c1O.[Cl][Zr][Cl]. The van der Waals surface area contributed by atoms with E-state index in [0.717, 1.165) is 112 Å². The van der Waals surface area contributed by atoms with Crippen molar-refractivity contribution < 1.29 is 40.5 Å². The zero-order valence-electron chi connectivity index (χ0n) is 37.4. The maximum atomic E-state index is 12.2. The standard InChI is InChI=1S/C56H50N2O4Si.2ClH.Zr/c1-5-63(6-2,35-61-53-29-17-11-23-43(53)45-31-37(3)33-51(55(45)59)57-47-25-13-7-19-39(47)40-20-8-14-26-48(40)57)36-62-54-30-18-12-24-44(54)46-32-38(4)34-52(56(46)60)58-49-27-15-9-21-41(49)42-22-10-16-28-50(42)58;;;/h7-34,59-60H,5-6,35-36H2,1-4H3;2*1H;/q;;;+2. The molecule has 2 heterocycles. The van der Waals surface area contributed by atoms with E-state index in [4.69, 9.17) is 26.5 Å².